The van der Waals surface area contributed by atoms with Gasteiger partial charge in [-0.05, 0) is 24.2 Å². The minimum atomic E-state index is -4.17. The first-order valence-electron chi connectivity index (χ1n) is 4.45. The Balaban J connectivity index is 2.52. The Hall–Kier alpha value is -0.900. The van der Waals surface area contributed by atoms with Crippen LogP contribution in [0, 0.1) is 0 Å². The summed E-state index contributed by atoms with van der Waals surface area (Å²) >= 11 is -0.0108. The summed E-state index contributed by atoms with van der Waals surface area (Å²) in [6.45, 7) is 1.53. The van der Waals surface area contributed by atoms with E-state index in [-0.39, 0.29) is 11.8 Å². The maximum atomic E-state index is 12.0. The number of thioether (sulfide) groups is 1. The minimum Gasteiger partial charge on any atom is -0.160 e. The van der Waals surface area contributed by atoms with Gasteiger partial charge >= 0.3 is 5.51 Å². The van der Waals surface area contributed by atoms with Gasteiger partial charge in [-0.2, -0.15) is 13.2 Å². The lowest BCUT2D eigenvalue weighted by molar-refractivity contribution is -0.0330. The average molecular weight is 232 g/mol. The molecule has 1 rings (SSSR count). The molecule has 15 heavy (non-hydrogen) atoms. The minimum absolute atomic E-state index is 0.0108. The van der Waals surface area contributed by atoms with Gasteiger partial charge in [0.1, 0.15) is 0 Å². The molecule has 0 nitrogen and oxygen atoms in total. The maximum Gasteiger partial charge on any atom is 0.442 e. The second-order valence-corrected chi connectivity index (χ2v) is 4.48. The quantitative estimate of drug-likeness (QED) is 0.747. The van der Waals surface area contributed by atoms with Gasteiger partial charge in [0, 0.05) is 5.25 Å². The molecule has 1 aromatic rings. The van der Waals surface area contributed by atoms with Crippen molar-refractivity contribution in [1.82, 2.24) is 0 Å². The van der Waals surface area contributed by atoms with Crippen molar-refractivity contribution in [2.45, 2.75) is 17.7 Å². The first-order chi connectivity index (χ1) is 6.97. The van der Waals surface area contributed by atoms with Crippen molar-refractivity contribution in [3.05, 3.63) is 42.0 Å². The fourth-order valence-corrected chi connectivity index (χ4v) is 1.64. The second-order valence-electron chi connectivity index (χ2n) is 3.04. The molecular formula is C11H11F3S. The number of rotatable bonds is 3. The van der Waals surface area contributed by atoms with Gasteiger partial charge in [-0.1, -0.05) is 42.5 Å². The molecular weight excluding hydrogens is 221 g/mol. The maximum absolute atomic E-state index is 12.0. The molecule has 0 saturated heterocycles. The van der Waals surface area contributed by atoms with Crippen molar-refractivity contribution in [3.8, 4) is 0 Å². The van der Waals surface area contributed by atoms with Crippen LogP contribution in [0.5, 0.6) is 0 Å². The summed E-state index contributed by atoms with van der Waals surface area (Å²) in [6, 6.07) is 9.26. The van der Waals surface area contributed by atoms with Crippen LogP contribution < -0.4 is 0 Å². The van der Waals surface area contributed by atoms with E-state index < -0.39 is 10.8 Å². The summed E-state index contributed by atoms with van der Waals surface area (Å²) in [5.41, 5.74) is -3.26. The molecule has 82 valence electrons. The van der Waals surface area contributed by atoms with Crippen molar-refractivity contribution >= 4 is 17.8 Å². The number of benzene rings is 1. The van der Waals surface area contributed by atoms with E-state index in [1.165, 1.54) is 6.92 Å². The number of alkyl halides is 3. The normalized spacial score (nSPS) is 14.4. The molecule has 0 saturated carbocycles. The highest BCUT2D eigenvalue weighted by Crippen LogP contribution is 2.34. The molecule has 0 aliphatic rings. The van der Waals surface area contributed by atoms with Crippen LogP contribution in [0.25, 0.3) is 6.08 Å². The molecule has 4 heteroatoms. The van der Waals surface area contributed by atoms with Crippen LogP contribution in [0.4, 0.5) is 13.2 Å². The fraction of sp³-hybridized carbons (Fsp3) is 0.273. The third kappa shape index (κ3) is 5.52. The van der Waals surface area contributed by atoms with Crippen LogP contribution in [0.1, 0.15) is 12.5 Å². The fourth-order valence-electron chi connectivity index (χ4n) is 1.06. The molecule has 0 bridgehead atoms. The Bertz CT molecular complexity index is 316. The first kappa shape index (κ1) is 12.2. The van der Waals surface area contributed by atoms with Gasteiger partial charge in [0.25, 0.3) is 0 Å². The topological polar surface area (TPSA) is 0 Å². The molecule has 0 spiro atoms. The third-order valence-electron chi connectivity index (χ3n) is 1.68. The second kappa shape index (κ2) is 5.26. The number of hydrogen-bond donors (Lipinski definition) is 0. The summed E-state index contributed by atoms with van der Waals surface area (Å²) in [5.74, 6) is 0. The molecule has 0 amide bonds. The molecule has 0 N–H and O–H groups in total. The van der Waals surface area contributed by atoms with E-state index in [0.717, 1.165) is 5.56 Å². The van der Waals surface area contributed by atoms with Gasteiger partial charge in [0.15, 0.2) is 0 Å². The SMILES string of the molecule is CC(C=Cc1ccccc1)SC(F)(F)F. The molecule has 0 fully saturated rings. The molecule has 0 aliphatic carbocycles. The van der Waals surface area contributed by atoms with Gasteiger partial charge in [0.05, 0.1) is 0 Å². The van der Waals surface area contributed by atoms with Gasteiger partial charge in [-0.25, -0.2) is 0 Å². The van der Waals surface area contributed by atoms with Crippen molar-refractivity contribution in [3.63, 3.8) is 0 Å². The predicted octanol–water partition coefficient (Wildman–Crippen LogP) is 4.34. The zero-order valence-corrected chi connectivity index (χ0v) is 8.98. The zero-order valence-electron chi connectivity index (χ0n) is 8.16. The molecule has 1 unspecified atom stereocenters. The highest BCUT2D eigenvalue weighted by molar-refractivity contribution is 8.00. The van der Waals surface area contributed by atoms with Gasteiger partial charge in [-0.3, -0.25) is 0 Å². The Morgan fingerprint density at radius 3 is 2.33 bits per heavy atom. The standard InChI is InChI=1S/C11H11F3S/c1-9(15-11(12,13)14)7-8-10-5-3-2-4-6-10/h2-9H,1H3. The van der Waals surface area contributed by atoms with Crippen molar-refractivity contribution in [1.29, 1.82) is 0 Å². The van der Waals surface area contributed by atoms with Crippen LogP contribution in [-0.2, 0) is 0 Å². The lowest BCUT2D eigenvalue weighted by Crippen LogP contribution is -2.06. The lowest BCUT2D eigenvalue weighted by Gasteiger charge is -2.08. The van der Waals surface area contributed by atoms with Crippen LogP contribution in [0.3, 0.4) is 0 Å². The van der Waals surface area contributed by atoms with Crippen molar-refractivity contribution in [2.75, 3.05) is 0 Å². The van der Waals surface area contributed by atoms with Crippen molar-refractivity contribution in [2.24, 2.45) is 0 Å². The van der Waals surface area contributed by atoms with Crippen LogP contribution in [-0.4, -0.2) is 10.8 Å². The van der Waals surface area contributed by atoms with Crippen LogP contribution >= 0.6 is 11.8 Å². The Kier molecular flexibility index (Phi) is 4.27. The van der Waals surface area contributed by atoms with E-state index in [1.54, 1.807) is 12.2 Å². The van der Waals surface area contributed by atoms with E-state index in [2.05, 4.69) is 0 Å². The number of hydrogen-bond acceptors (Lipinski definition) is 1. The molecule has 1 aromatic carbocycles. The molecule has 0 radical (unpaired) electrons. The highest BCUT2D eigenvalue weighted by Gasteiger charge is 2.30. The van der Waals surface area contributed by atoms with Gasteiger partial charge in [-0.15, -0.1) is 0 Å². The van der Waals surface area contributed by atoms with Gasteiger partial charge in [0.2, 0.25) is 0 Å². The third-order valence-corrected chi connectivity index (χ3v) is 2.47. The molecule has 1 atom stereocenters. The van der Waals surface area contributed by atoms with Crippen LogP contribution in [0.2, 0.25) is 0 Å². The Morgan fingerprint density at radius 2 is 1.80 bits per heavy atom. The van der Waals surface area contributed by atoms with E-state index in [1.807, 2.05) is 30.3 Å². The summed E-state index contributed by atoms with van der Waals surface area (Å²) < 4.78 is 35.9. The van der Waals surface area contributed by atoms with E-state index in [0.29, 0.717) is 0 Å². The van der Waals surface area contributed by atoms with Crippen LogP contribution in [0.15, 0.2) is 36.4 Å². The predicted molar refractivity (Wildman–Crippen MR) is 58.6 cm³/mol. The summed E-state index contributed by atoms with van der Waals surface area (Å²) in [6.07, 6.45) is 3.25. The monoisotopic (exact) mass is 232 g/mol. The number of halogens is 3. The highest BCUT2D eigenvalue weighted by atomic mass is 32.2. The largest absolute Gasteiger partial charge is 0.442 e. The molecule has 0 heterocycles. The molecule has 0 aromatic heterocycles. The Morgan fingerprint density at radius 1 is 1.20 bits per heavy atom. The zero-order chi connectivity index (χ0) is 11.3. The Labute approximate surface area is 91.2 Å². The average Bonchev–Trinajstić information content (AvgIpc) is 2.14. The summed E-state index contributed by atoms with van der Waals surface area (Å²) in [5, 5.41) is -0.565. The van der Waals surface area contributed by atoms with E-state index in [9.17, 15) is 13.2 Å². The van der Waals surface area contributed by atoms with E-state index in [4.69, 9.17) is 0 Å². The summed E-state index contributed by atoms with van der Waals surface area (Å²) in [7, 11) is 0. The molecule has 0 aliphatic heterocycles. The van der Waals surface area contributed by atoms with Crippen molar-refractivity contribution < 1.29 is 13.2 Å². The van der Waals surface area contributed by atoms with Gasteiger partial charge < -0.3 is 0 Å². The smallest absolute Gasteiger partial charge is 0.160 e. The first-order valence-corrected chi connectivity index (χ1v) is 5.33. The summed E-state index contributed by atoms with van der Waals surface area (Å²) in [4.78, 5) is 0. The lowest BCUT2D eigenvalue weighted by atomic mass is 10.2. The van der Waals surface area contributed by atoms with E-state index >= 15 is 0 Å².